The highest BCUT2D eigenvalue weighted by Gasteiger charge is 2.13. The van der Waals surface area contributed by atoms with Gasteiger partial charge in [-0.3, -0.25) is 0 Å². The third kappa shape index (κ3) is 2.78. The summed E-state index contributed by atoms with van der Waals surface area (Å²) < 4.78 is 25.1. The van der Waals surface area contributed by atoms with E-state index in [0.717, 1.165) is 27.9 Å². The molecule has 0 unspecified atom stereocenters. The average molecular weight is 347 g/mol. The highest BCUT2D eigenvalue weighted by molar-refractivity contribution is 7.90. The van der Waals surface area contributed by atoms with E-state index in [1.807, 2.05) is 17.7 Å². The third-order valence-electron chi connectivity index (χ3n) is 3.81. The molecule has 0 amide bonds. The predicted octanol–water partition coefficient (Wildman–Crippen LogP) is 3.94. The van der Waals surface area contributed by atoms with E-state index in [4.69, 9.17) is 11.6 Å². The predicted molar refractivity (Wildman–Crippen MR) is 94.4 cm³/mol. The van der Waals surface area contributed by atoms with E-state index in [2.05, 4.69) is 11.6 Å². The van der Waals surface area contributed by atoms with Gasteiger partial charge in [0.15, 0.2) is 9.84 Å². The molecule has 4 nitrogen and oxygen atoms in total. The maximum Gasteiger partial charge on any atom is 0.175 e. The lowest BCUT2D eigenvalue weighted by atomic mass is 10.1. The maximum absolute atomic E-state index is 11.6. The van der Waals surface area contributed by atoms with E-state index in [1.165, 1.54) is 6.26 Å². The van der Waals surface area contributed by atoms with Gasteiger partial charge in [-0.15, -0.1) is 0 Å². The van der Waals surface area contributed by atoms with Crippen molar-refractivity contribution in [2.75, 3.05) is 6.26 Å². The third-order valence-corrected chi connectivity index (χ3v) is 5.13. The number of nitrogens with zero attached hydrogens (tertiary/aromatic N) is 2. The fourth-order valence-electron chi connectivity index (χ4n) is 2.62. The van der Waals surface area contributed by atoms with Gasteiger partial charge in [-0.05, 0) is 35.9 Å². The second kappa shape index (κ2) is 5.51. The molecule has 0 fully saturated rings. The molecule has 0 aliphatic rings. The summed E-state index contributed by atoms with van der Waals surface area (Å²) in [4.78, 5) is 4.57. The van der Waals surface area contributed by atoms with Crippen LogP contribution in [0.3, 0.4) is 0 Å². The van der Waals surface area contributed by atoms with Crippen molar-refractivity contribution in [2.45, 2.75) is 4.90 Å². The van der Waals surface area contributed by atoms with Crippen LogP contribution >= 0.6 is 11.6 Å². The summed E-state index contributed by atoms with van der Waals surface area (Å²) in [7, 11) is -1.26. The quantitative estimate of drug-likeness (QED) is 0.675. The van der Waals surface area contributed by atoms with E-state index in [1.54, 1.807) is 36.4 Å². The number of halogens is 1. The Morgan fingerprint density at radius 2 is 1.87 bits per heavy atom. The molecule has 0 saturated heterocycles. The zero-order chi connectivity index (χ0) is 16.8. The summed E-state index contributed by atoms with van der Waals surface area (Å²) in [5.74, 6) is 0. The van der Waals surface area contributed by atoms with Crippen LogP contribution in [-0.2, 0) is 16.9 Å². The Labute approximate surface area is 140 Å². The van der Waals surface area contributed by atoms with Gasteiger partial charge >= 0.3 is 0 Å². The van der Waals surface area contributed by atoms with Crippen LogP contribution in [0, 0.1) is 0 Å². The monoisotopic (exact) mass is 346 g/mol. The SMILES string of the molecule is C=Cc1nc(Cl)cc2c1cc(-c1ccc(S(C)(=O)=O)cc1)n2C. The molecule has 0 N–H and O–H groups in total. The molecule has 0 radical (unpaired) electrons. The molecule has 0 aliphatic heterocycles. The van der Waals surface area contributed by atoms with Gasteiger partial charge in [0.2, 0.25) is 0 Å². The number of hydrogen-bond donors (Lipinski definition) is 0. The summed E-state index contributed by atoms with van der Waals surface area (Å²) in [5, 5.41) is 1.36. The van der Waals surface area contributed by atoms with Crippen LogP contribution in [0.5, 0.6) is 0 Å². The molecule has 0 saturated carbocycles. The van der Waals surface area contributed by atoms with Crippen LogP contribution in [0.2, 0.25) is 5.15 Å². The van der Waals surface area contributed by atoms with Crippen molar-refractivity contribution in [1.82, 2.24) is 9.55 Å². The molecule has 1 aromatic carbocycles. The van der Waals surface area contributed by atoms with Crippen molar-refractivity contribution < 1.29 is 8.42 Å². The van der Waals surface area contributed by atoms with Gasteiger partial charge in [-0.2, -0.15) is 0 Å². The van der Waals surface area contributed by atoms with E-state index < -0.39 is 9.84 Å². The average Bonchev–Trinajstić information content (AvgIpc) is 2.83. The van der Waals surface area contributed by atoms with Crippen molar-refractivity contribution in [1.29, 1.82) is 0 Å². The Bertz CT molecular complexity index is 1020. The van der Waals surface area contributed by atoms with Crippen LogP contribution < -0.4 is 0 Å². The molecule has 3 rings (SSSR count). The Balaban J connectivity index is 2.21. The molecule has 118 valence electrons. The standard InChI is InChI=1S/C17H15ClN2O2S/c1-4-14-13-9-15(20(2)16(13)10-17(18)19-14)11-5-7-12(8-6-11)23(3,21)22/h4-10H,1H2,2-3H3. The Morgan fingerprint density at radius 3 is 2.43 bits per heavy atom. The lowest BCUT2D eigenvalue weighted by molar-refractivity contribution is 0.602. The summed E-state index contributed by atoms with van der Waals surface area (Å²) in [6.45, 7) is 3.78. The minimum atomic E-state index is -3.20. The minimum absolute atomic E-state index is 0.302. The molecule has 0 bridgehead atoms. The van der Waals surface area contributed by atoms with E-state index >= 15 is 0 Å². The molecule has 23 heavy (non-hydrogen) atoms. The fraction of sp³-hybridized carbons (Fsp3) is 0.118. The second-order valence-corrected chi connectivity index (χ2v) is 7.76. The highest BCUT2D eigenvalue weighted by Crippen LogP contribution is 2.31. The number of hydrogen-bond acceptors (Lipinski definition) is 3. The Kier molecular flexibility index (Phi) is 3.78. The van der Waals surface area contributed by atoms with Crippen LogP contribution in [0.1, 0.15) is 5.69 Å². The first-order valence-electron chi connectivity index (χ1n) is 6.90. The first-order valence-corrected chi connectivity index (χ1v) is 9.17. The molecule has 3 aromatic rings. The summed E-state index contributed by atoms with van der Waals surface area (Å²) in [5.41, 5.74) is 3.54. The van der Waals surface area contributed by atoms with Gasteiger partial charge in [0.05, 0.1) is 16.1 Å². The number of aryl methyl sites for hydroxylation is 1. The molecule has 0 aliphatic carbocycles. The summed E-state index contributed by atoms with van der Waals surface area (Å²) >= 11 is 6.06. The van der Waals surface area contributed by atoms with Gasteiger partial charge in [0.1, 0.15) is 5.15 Å². The molecule has 6 heteroatoms. The van der Waals surface area contributed by atoms with Crippen molar-refractivity contribution >= 4 is 38.4 Å². The van der Waals surface area contributed by atoms with Crippen LogP contribution in [0.15, 0.2) is 47.9 Å². The Hall–Kier alpha value is -2.11. The van der Waals surface area contributed by atoms with Crippen molar-refractivity contribution in [3.05, 3.63) is 53.8 Å². The molecule has 0 spiro atoms. The maximum atomic E-state index is 11.6. The second-order valence-electron chi connectivity index (χ2n) is 5.35. The number of sulfone groups is 1. The number of pyridine rings is 1. The molecule has 2 aromatic heterocycles. The van der Waals surface area contributed by atoms with Gasteiger partial charge in [0, 0.05) is 24.4 Å². The van der Waals surface area contributed by atoms with Gasteiger partial charge < -0.3 is 4.57 Å². The lowest BCUT2D eigenvalue weighted by Gasteiger charge is -2.06. The number of benzene rings is 1. The lowest BCUT2D eigenvalue weighted by Crippen LogP contribution is -1.97. The van der Waals surface area contributed by atoms with Crippen molar-refractivity contribution in [2.24, 2.45) is 7.05 Å². The first kappa shape index (κ1) is 15.8. The van der Waals surface area contributed by atoms with Gasteiger partial charge in [-0.25, -0.2) is 13.4 Å². The van der Waals surface area contributed by atoms with Crippen LogP contribution in [0.4, 0.5) is 0 Å². The molecule has 0 atom stereocenters. The largest absolute Gasteiger partial charge is 0.343 e. The topological polar surface area (TPSA) is 52.0 Å². The normalized spacial score (nSPS) is 11.8. The van der Waals surface area contributed by atoms with E-state index in [-0.39, 0.29) is 0 Å². The highest BCUT2D eigenvalue weighted by atomic mass is 35.5. The van der Waals surface area contributed by atoms with Crippen LogP contribution in [0.25, 0.3) is 28.2 Å². The fourth-order valence-corrected chi connectivity index (χ4v) is 3.45. The van der Waals surface area contributed by atoms with E-state index in [9.17, 15) is 8.42 Å². The minimum Gasteiger partial charge on any atom is -0.343 e. The zero-order valence-electron chi connectivity index (χ0n) is 12.7. The molecular weight excluding hydrogens is 332 g/mol. The zero-order valence-corrected chi connectivity index (χ0v) is 14.3. The number of rotatable bonds is 3. The summed E-state index contributed by atoms with van der Waals surface area (Å²) in [6, 6.07) is 10.6. The van der Waals surface area contributed by atoms with Gasteiger partial charge in [-0.1, -0.05) is 30.3 Å². The molecular formula is C17H15ClN2O2S. The first-order chi connectivity index (χ1) is 10.8. The van der Waals surface area contributed by atoms with Gasteiger partial charge in [0.25, 0.3) is 0 Å². The Morgan fingerprint density at radius 1 is 1.22 bits per heavy atom. The number of fused-ring (bicyclic) bond motifs is 1. The molecule has 2 heterocycles. The van der Waals surface area contributed by atoms with Crippen molar-refractivity contribution in [3.8, 4) is 11.3 Å². The summed E-state index contributed by atoms with van der Waals surface area (Å²) in [6.07, 6.45) is 2.87. The van der Waals surface area contributed by atoms with E-state index in [0.29, 0.717) is 10.0 Å². The number of aromatic nitrogens is 2. The smallest absolute Gasteiger partial charge is 0.175 e. The van der Waals surface area contributed by atoms with Crippen molar-refractivity contribution in [3.63, 3.8) is 0 Å². The van der Waals surface area contributed by atoms with Crippen LogP contribution in [-0.4, -0.2) is 24.2 Å².